The molecule has 3 amide bonds. The Labute approximate surface area is 358 Å². The van der Waals surface area contributed by atoms with Gasteiger partial charge < -0.3 is 29.9 Å². The molecule has 1 unspecified atom stereocenters. The molecule has 3 fully saturated rings. The predicted molar refractivity (Wildman–Crippen MR) is 234 cm³/mol. The number of rotatable bonds is 14. The molecule has 4 aromatic rings. The van der Waals surface area contributed by atoms with E-state index in [0.29, 0.717) is 55.3 Å². The molecule has 14 nitrogen and oxygen atoms in total. The van der Waals surface area contributed by atoms with E-state index in [0.717, 1.165) is 69.2 Å². The van der Waals surface area contributed by atoms with Crippen LogP contribution in [0, 0.1) is 11.8 Å². The summed E-state index contributed by atoms with van der Waals surface area (Å²) in [6.07, 6.45) is 11.8. The molecule has 60 heavy (non-hydrogen) atoms. The number of H-pyrrole nitrogens is 1. The number of anilines is 1. The normalized spacial score (nSPS) is 17.8. The average Bonchev–Trinajstić information content (AvgIpc) is 3.81. The van der Waals surface area contributed by atoms with Crippen LogP contribution in [0.25, 0.3) is 0 Å². The van der Waals surface area contributed by atoms with E-state index >= 15 is 0 Å². The average molecular weight is 840 g/mol. The second kappa shape index (κ2) is 23.1. The van der Waals surface area contributed by atoms with Crippen LogP contribution in [0.5, 0.6) is 5.88 Å². The van der Waals surface area contributed by atoms with Crippen molar-refractivity contribution in [3.05, 3.63) is 95.9 Å². The molecule has 0 radical (unpaired) electrons. The van der Waals surface area contributed by atoms with Gasteiger partial charge in [-0.15, -0.1) is 0 Å². The maximum absolute atomic E-state index is 12.8. The number of benzene rings is 2. The van der Waals surface area contributed by atoms with Crippen LogP contribution < -0.4 is 10.1 Å². The Morgan fingerprint density at radius 1 is 0.867 bits per heavy atom. The van der Waals surface area contributed by atoms with Gasteiger partial charge in [-0.2, -0.15) is 5.10 Å². The number of ether oxygens (including phenoxy) is 1. The molecule has 5 heterocycles. The summed E-state index contributed by atoms with van der Waals surface area (Å²) in [7, 11) is 2.15. The van der Waals surface area contributed by atoms with Gasteiger partial charge in [0.25, 0.3) is 5.91 Å². The molecule has 3 saturated heterocycles. The molecule has 0 saturated carbocycles. The first-order valence-electron chi connectivity index (χ1n) is 21.5. The Kier molecular flexibility index (Phi) is 17.2. The highest BCUT2D eigenvalue weighted by Gasteiger charge is 2.26. The monoisotopic (exact) mass is 839 g/mol. The zero-order valence-electron chi connectivity index (χ0n) is 35.1. The fourth-order valence-corrected chi connectivity index (χ4v) is 9.10. The summed E-state index contributed by atoms with van der Waals surface area (Å²) in [6, 6.07) is 22.3. The second-order valence-electron chi connectivity index (χ2n) is 16.2. The van der Waals surface area contributed by atoms with Crippen LogP contribution in [0.3, 0.4) is 0 Å². The number of amides is 3. The molecular weight excluding hydrogens is 779 g/mol. The van der Waals surface area contributed by atoms with E-state index in [9.17, 15) is 14.4 Å². The topological polar surface area (TPSA) is 160 Å². The third-order valence-corrected chi connectivity index (χ3v) is 12.9. The van der Waals surface area contributed by atoms with Gasteiger partial charge in [0, 0.05) is 62.7 Å². The Hall–Kier alpha value is -4.99. The number of hydrogen-bond donors (Lipinski definition) is 3. The second-order valence-corrected chi connectivity index (χ2v) is 17.2. The molecule has 7 rings (SSSR count). The van der Waals surface area contributed by atoms with E-state index < -0.39 is 12.2 Å². The number of pyridine rings is 1. The van der Waals surface area contributed by atoms with Gasteiger partial charge in [-0.25, -0.2) is 19.6 Å². The van der Waals surface area contributed by atoms with E-state index in [4.69, 9.17) is 9.84 Å². The van der Waals surface area contributed by atoms with Crippen LogP contribution in [0.2, 0.25) is 0 Å². The third-order valence-electron chi connectivity index (χ3n) is 11.8. The lowest BCUT2D eigenvalue weighted by Gasteiger charge is -2.35. The third kappa shape index (κ3) is 14.1. The molecule has 0 aliphatic carbocycles. The number of thioether (sulfide) groups is 1. The lowest BCUT2D eigenvalue weighted by Crippen LogP contribution is -2.40. The van der Waals surface area contributed by atoms with Crippen LogP contribution in [-0.2, 0) is 13.1 Å². The number of nitrogens with one attached hydrogen (secondary N) is 2. The summed E-state index contributed by atoms with van der Waals surface area (Å²) < 4.78 is 5.47. The minimum Gasteiger partial charge on any atom is -0.465 e. The van der Waals surface area contributed by atoms with E-state index in [2.05, 4.69) is 73.5 Å². The molecule has 0 bridgehead atoms. The molecule has 15 heteroatoms. The SMILES string of the molecule is CCC1CCCCN1Cc1ccc(C(=O)Nc2ccc(OC(=O)N3CCC(CSc4ncn[nH]4)CC3)nc2)cc1.CN(CCC1CCN(C(=O)O)CC1)Cc1ccccc1. The number of likely N-dealkylation sites (tertiary alicyclic amines) is 3. The number of piperidine rings is 3. The number of carbonyl (C=O) groups is 3. The minimum atomic E-state index is -0.773. The van der Waals surface area contributed by atoms with Gasteiger partial charge in [-0.3, -0.25) is 14.8 Å². The van der Waals surface area contributed by atoms with Crippen molar-refractivity contribution in [2.45, 2.75) is 89.0 Å². The van der Waals surface area contributed by atoms with Gasteiger partial charge in [0.15, 0.2) is 5.16 Å². The number of nitrogens with zero attached hydrogens (tertiary/aromatic N) is 7. The molecule has 2 aromatic carbocycles. The van der Waals surface area contributed by atoms with Crippen molar-refractivity contribution in [2.75, 3.05) is 57.4 Å². The van der Waals surface area contributed by atoms with Crippen molar-refractivity contribution in [2.24, 2.45) is 11.8 Å². The molecule has 1 atom stereocenters. The predicted octanol–water partition coefficient (Wildman–Crippen LogP) is 8.12. The fraction of sp³-hybridized carbons (Fsp3) is 0.511. The zero-order chi connectivity index (χ0) is 42.1. The van der Waals surface area contributed by atoms with Crippen molar-refractivity contribution in [3.63, 3.8) is 0 Å². The number of carbonyl (C=O) groups excluding carboxylic acids is 2. The molecule has 3 N–H and O–H groups in total. The van der Waals surface area contributed by atoms with Crippen molar-refractivity contribution in [1.29, 1.82) is 0 Å². The quantitative estimate of drug-likeness (QED) is 0.105. The largest absolute Gasteiger partial charge is 0.465 e. The first kappa shape index (κ1) is 44.6. The highest BCUT2D eigenvalue weighted by molar-refractivity contribution is 7.99. The summed E-state index contributed by atoms with van der Waals surface area (Å²) in [4.78, 5) is 52.7. The molecule has 2 aromatic heterocycles. The lowest BCUT2D eigenvalue weighted by atomic mass is 9.93. The van der Waals surface area contributed by atoms with E-state index in [1.165, 1.54) is 54.2 Å². The van der Waals surface area contributed by atoms with Crippen LogP contribution >= 0.6 is 11.8 Å². The van der Waals surface area contributed by atoms with Crippen molar-refractivity contribution in [1.82, 2.24) is 39.8 Å². The van der Waals surface area contributed by atoms with Gasteiger partial charge in [-0.05, 0) is 113 Å². The summed E-state index contributed by atoms with van der Waals surface area (Å²) >= 11 is 1.65. The highest BCUT2D eigenvalue weighted by atomic mass is 32.2. The molecule has 322 valence electrons. The standard InChI is InChI=1S/C29H37N7O3S.C16H24N2O2/c1-2-25-5-3-4-14-36(25)18-21-6-8-23(9-7-21)27(37)33-24-10-11-26(30-17-24)39-29(38)35-15-12-22(13-16-35)19-40-28-31-20-32-34-28;1-17(13-15-5-3-2-4-6-15)10-7-14-8-11-18(12-9-14)16(19)20/h6-11,17,20,22,25H,2-5,12-16,18-19H2,1H3,(H,33,37)(H,31,32,34);2-6,14H,7-13H2,1H3,(H,19,20). The van der Waals surface area contributed by atoms with Gasteiger partial charge >= 0.3 is 12.2 Å². The Bertz CT molecular complexity index is 1890. The summed E-state index contributed by atoms with van der Waals surface area (Å²) in [5.74, 6) is 2.13. The highest BCUT2D eigenvalue weighted by Crippen LogP contribution is 2.26. The van der Waals surface area contributed by atoms with E-state index in [1.807, 2.05) is 30.3 Å². The van der Waals surface area contributed by atoms with Crippen LogP contribution in [0.4, 0.5) is 15.3 Å². The fourth-order valence-electron chi connectivity index (χ4n) is 8.13. The first-order chi connectivity index (χ1) is 29.2. The Morgan fingerprint density at radius 3 is 2.27 bits per heavy atom. The minimum absolute atomic E-state index is 0.202. The summed E-state index contributed by atoms with van der Waals surface area (Å²) in [5.41, 5.74) is 3.69. The van der Waals surface area contributed by atoms with E-state index in [-0.39, 0.29) is 11.8 Å². The van der Waals surface area contributed by atoms with Crippen LogP contribution in [-0.4, -0.2) is 121 Å². The maximum Gasteiger partial charge on any atom is 0.416 e. The van der Waals surface area contributed by atoms with Crippen molar-refractivity contribution in [3.8, 4) is 5.88 Å². The number of carboxylic acid groups (broad SMARTS) is 1. The summed E-state index contributed by atoms with van der Waals surface area (Å²) in [5, 5.41) is 19.3. The lowest BCUT2D eigenvalue weighted by molar-refractivity contribution is 0.102. The number of aromatic amines is 1. The van der Waals surface area contributed by atoms with Gasteiger partial charge in [0.2, 0.25) is 5.88 Å². The first-order valence-corrected chi connectivity index (χ1v) is 22.5. The smallest absolute Gasteiger partial charge is 0.416 e. The Balaban J connectivity index is 0.000000253. The number of hydrogen-bond acceptors (Lipinski definition) is 10. The molecular formula is C45H61N9O5S. The van der Waals surface area contributed by atoms with E-state index in [1.54, 1.807) is 28.8 Å². The summed E-state index contributed by atoms with van der Waals surface area (Å²) in [6.45, 7) is 9.06. The van der Waals surface area contributed by atoms with Gasteiger partial charge in [0.05, 0.1) is 11.9 Å². The van der Waals surface area contributed by atoms with Gasteiger partial charge in [0.1, 0.15) is 6.33 Å². The Morgan fingerprint density at radius 2 is 1.60 bits per heavy atom. The number of aromatic nitrogens is 4. The van der Waals surface area contributed by atoms with Crippen LogP contribution in [0.15, 0.2) is 84.4 Å². The molecule has 3 aliphatic rings. The van der Waals surface area contributed by atoms with Crippen LogP contribution in [0.1, 0.15) is 86.2 Å². The molecule has 3 aliphatic heterocycles. The van der Waals surface area contributed by atoms with Gasteiger partial charge in [-0.1, -0.05) is 67.6 Å². The van der Waals surface area contributed by atoms with Crippen molar-refractivity contribution < 1.29 is 24.2 Å². The molecule has 0 spiro atoms. The van der Waals surface area contributed by atoms with Crippen molar-refractivity contribution >= 4 is 35.5 Å². The maximum atomic E-state index is 12.8. The zero-order valence-corrected chi connectivity index (χ0v) is 35.9.